The summed E-state index contributed by atoms with van der Waals surface area (Å²) < 4.78 is 68.0. The van der Waals surface area contributed by atoms with E-state index in [9.17, 15) is 26.3 Å². The Morgan fingerprint density at radius 1 is 1.08 bits per heavy atom. The van der Waals surface area contributed by atoms with Crippen LogP contribution in [0.3, 0.4) is 0 Å². The molecule has 0 aromatic rings. The second-order valence-corrected chi connectivity index (χ2v) is 2.04. The summed E-state index contributed by atoms with van der Waals surface area (Å²) in [5.41, 5.74) is 0. The Kier molecular flexibility index (Phi) is 3.37. The fraction of sp³-hybridized carbons (Fsp3) is 0.800. The van der Waals surface area contributed by atoms with Crippen LogP contribution in [0.15, 0.2) is 0 Å². The molecule has 1 radical (unpaired) electrons. The van der Waals surface area contributed by atoms with Gasteiger partial charge in [-0.3, -0.25) is 0 Å². The first-order valence-corrected chi connectivity index (χ1v) is 2.78. The fourth-order valence-corrected chi connectivity index (χ4v) is 0.379. The zero-order valence-electron chi connectivity index (χ0n) is 5.58. The van der Waals surface area contributed by atoms with E-state index in [-0.39, 0.29) is 6.42 Å². The summed E-state index contributed by atoms with van der Waals surface area (Å²) in [4.78, 5) is 0. The molecule has 0 rings (SSSR count). The average molecular weight is 195 g/mol. The molecule has 12 heavy (non-hydrogen) atoms. The largest absolute Gasteiger partial charge is 0.414 e. The van der Waals surface area contributed by atoms with E-state index in [0.717, 1.165) is 0 Å². The zero-order valence-corrected chi connectivity index (χ0v) is 5.58. The Balaban J connectivity index is 3.80. The van der Waals surface area contributed by atoms with Gasteiger partial charge in [0, 0.05) is 12.8 Å². The second kappa shape index (κ2) is 3.51. The minimum Gasteiger partial charge on any atom is -0.383 e. The highest BCUT2D eigenvalue weighted by molar-refractivity contribution is 4.83. The molecule has 0 saturated heterocycles. The van der Waals surface area contributed by atoms with Gasteiger partial charge in [0.05, 0.1) is 0 Å². The molecule has 7 heteroatoms. The maximum absolute atomic E-state index is 11.4. The topological polar surface area (TPSA) is 20.2 Å². The monoisotopic (exact) mass is 195 g/mol. The summed E-state index contributed by atoms with van der Waals surface area (Å²) in [6, 6.07) is 0. The van der Waals surface area contributed by atoms with Gasteiger partial charge in [0.25, 0.3) is 0 Å². The predicted molar refractivity (Wildman–Crippen MR) is 27.0 cm³/mol. The Labute approximate surface area is 64.0 Å². The third-order valence-corrected chi connectivity index (χ3v) is 0.908. The Hall–Kier alpha value is -0.460. The van der Waals surface area contributed by atoms with E-state index < -0.39 is 24.9 Å². The molecule has 0 aromatic carbocycles. The molecule has 1 unspecified atom stereocenters. The molecule has 1 nitrogen and oxygen atoms in total. The minimum absolute atomic E-state index is 0.236. The lowest BCUT2D eigenvalue weighted by Crippen LogP contribution is -2.30. The lowest BCUT2D eigenvalue weighted by atomic mass is 10.2. The molecule has 0 aliphatic heterocycles. The van der Waals surface area contributed by atoms with Gasteiger partial charge in [-0.15, -0.1) is 0 Å². The number of alkyl halides is 6. The van der Waals surface area contributed by atoms with Crippen LogP contribution < -0.4 is 0 Å². The summed E-state index contributed by atoms with van der Waals surface area (Å²) in [7, 11) is 0. The number of aliphatic hydroxyl groups excluding tert-OH is 1. The van der Waals surface area contributed by atoms with E-state index in [2.05, 4.69) is 0 Å². The summed E-state index contributed by atoms with van der Waals surface area (Å²) in [6.07, 6.45) is -14.7. The lowest BCUT2D eigenvalue weighted by molar-refractivity contribution is -0.199. The Morgan fingerprint density at radius 3 is 1.75 bits per heavy atom. The maximum Gasteiger partial charge on any atom is 0.414 e. The molecule has 0 spiro atoms. The maximum atomic E-state index is 11.4. The first-order valence-electron chi connectivity index (χ1n) is 2.78. The fourth-order valence-electron chi connectivity index (χ4n) is 0.379. The first kappa shape index (κ1) is 11.5. The molecular weight excluding hydrogens is 190 g/mol. The van der Waals surface area contributed by atoms with Crippen molar-refractivity contribution in [2.45, 2.75) is 24.9 Å². The van der Waals surface area contributed by atoms with E-state index >= 15 is 0 Å². The molecule has 0 bridgehead atoms. The number of aliphatic hydroxyl groups is 1. The highest BCUT2D eigenvalue weighted by atomic mass is 19.4. The molecule has 1 atom stereocenters. The van der Waals surface area contributed by atoms with Gasteiger partial charge in [-0.25, -0.2) is 0 Å². The van der Waals surface area contributed by atoms with Gasteiger partial charge in [0.15, 0.2) is 6.10 Å². The Morgan fingerprint density at radius 2 is 1.50 bits per heavy atom. The molecule has 1 N–H and O–H groups in total. The van der Waals surface area contributed by atoms with Gasteiger partial charge in [0.2, 0.25) is 0 Å². The van der Waals surface area contributed by atoms with Crippen LogP contribution in [-0.2, 0) is 0 Å². The third kappa shape index (κ3) is 5.22. The molecule has 0 fully saturated rings. The second-order valence-electron chi connectivity index (χ2n) is 2.04. The number of rotatable bonds is 2. The third-order valence-electron chi connectivity index (χ3n) is 0.908. The standard InChI is InChI=1S/C5H5F6O/c6-4(7,8)2-1-3(12)5(9,10)11/h1,3,12H,2H2. The summed E-state index contributed by atoms with van der Waals surface area (Å²) in [5.74, 6) is 0. The van der Waals surface area contributed by atoms with Crippen LogP contribution in [0.25, 0.3) is 0 Å². The summed E-state index contributed by atoms with van der Waals surface area (Å²) >= 11 is 0. The molecule has 0 aromatic heterocycles. The van der Waals surface area contributed by atoms with E-state index in [1.165, 1.54) is 0 Å². The molecular formula is C5H5F6O. The molecule has 0 amide bonds. The van der Waals surface area contributed by atoms with Crippen LogP contribution in [0.4, 0.5) is 26.3 Å². The van der Waals surface area contributed by atoms with Gasteiger partial charge in [0.1, 0.15) is 0 Å². The molecule has 0 saturated carbocycles. The lowest BCUT2D eigenvalue weighted by Gasteiger charge is -2.14. The van der Waals surface area contributed by atoms with E-state index in [1.807, 2.05) is 0 Å². The van der Waals surface area contributed by atoms with Gasteiger partial charge >= 0.3 is 12.4 Å². The highest BCUT2D eigenvalue weighted by Gasteiger charge is 2.40. The highest BCUT2D eigenvalue weighted by Crippen LogP contribution is 2.27. The van der Waals surface area contributed by atoms with E-state index in [0.29, 0.717) is 0 Å². The van der Waals surface area contributed by atoms with Crippen molar-refractivity contribution in [1.29, 1.82) is 0 Å². The number of hydrogen-bond acceptors (Lipinski definition) is 1. The van der Waals surface area contributed by atoms with Crippen molar-refractivity contribution in [2.24, 2.45) is 0 Å². The van der Waals surface area contributed by atoms with Crippen LogP contribution in [0, 0.1) is 6.42 Å². The summed E-state index contributed by atoms with van der Waals surface area (Å²) in [6.45, 7) is 0. The average Bonchev–Trinajstić information content (AvgIpc) is 1.78. The van der Waals surface area contributed by atoms with E-state index in [1.54, 1.807) is 0 Å². The Bertz CT molecular complexity index is 136. The zero-order chi connectivity index (χ0) is 9.99. The molecule has 0 aliphatic carbocycles. The van der Waals surface area contributed by atoms with E-state index in [4.69, 9.17) is 5.11 Å². The van der Waals surface area contributed by atoms with Gasteiger partial charge in [-0.2, -0.15) is 26.3 Å². The van der Waals surface area contributed by atoms with Gasteiger partial charge < -0.3 is 5.11 Å². The first-order chi connectivity index (χ1) is 5.13. The van der Waals surface area contributed by atoms with Crippen LogP contribution in [0.1, 0.15) is 6.42 Å². The number of hydrogen-bond donors (Lipinski definition) is 1. The summed E-state index contributed by atoms with van der Waals surface area (Å²) in [5, 5.41) is 8.07. The number of halogens is 6. The van der Waals surface area contributed by atoms with Crippen LogP contribution in [-0.4, -0.2) is 23.6 Å². The van der Waals surface area contributed by atoms with Crippen LogP contribution in [0.2, 0.25) is 0 Å². The normalized spacial score (nSPS) is 16.2. The van der Waals surface area contributed by atoms with Crippen molar-refractivity contribution >= 4 is 0 Å². The quantitative estimate of drug-likeness (QED) is 0.668. The van der Waals surface area contributed by atoms with Crippen molar-refractivity contribution in [3.63, 3.8) is 0 Å². The smallest absolute Gasteiger partial charge is 0.383 e. The van der Waals surface area contributed by atoms with Crippen LogP contribution >= 0.6 is 0 Å². The van der Waals surface area contributed by atoms with Crippen molar-refractivity contribution in [2.75, 3.05) is 0 Å². The van der Waals surface area contributed by atoms with Gasteiger partial charge in [-0.1, -0.05) is 0 Å². The van der Waals surface area contributed by atoms with Gasteiger partial charge in [-0.05, 0) is 0 Å². The molecule has 0 heterocycles. The SMILES string of the molecule is OC([CH]CC(F)(F)F)C(F)(F)F. The van der Waals surface area contributed by atoms with Crippen molar-refractivity contribution in [3.8, 4) is 0 Å². The predicted octanol–water partition coefficient (Wildman–Crippen LogP) is 2.07. The van der Waals surface area contributed by atoms with Crippen LogP contribution in [0.5, 0.6) is 0 Å². The van der Waals surface area contributed by atoms with Crippen molar-refractivity contribution in [3.05, 3.63) is 6.42 Å². The van der Waals surface area contributed by atoms with Crippen molar-refractivity contribution < 1.29 is 31.4 Å². The molecule has 0 aliphatic rings. The molecule has 73 valence electrons. The van der Waals surface area contributed by atoms with Crippen molar-refractivity contribution in [1.82, 2.24) is 0 Å². The minimum atomic E-state index is -5.02.